The topological polar surface area (TPSA) is 60.5 Å². The van der Waals surface area contributed by atoms with Gasteiger partial charge in [-0.2, -0.15) is 0 Å². The molecule has 0 atom stereocenters. The van der Waals surface area contributed by atoms with E-state index in [0.717, 1.165) is 5.01 Å². The van der Waals surface area contributed by atoms with E-state index in [2.05, 4.69) is 24.1 Å². The maximum absolute atomic E-state index is 12.2. The molecule has 3 rings (SSSR count). The first-order chi connectivity index (χ1) is 10.1. The van der Waals surface area contributed by atoms with Gasteiger partial charge in [0.1, 0.15) is 18.9 Å². The Bertz CT molecular complexity index is 667. The van der Waals surface area contributed by atoms with Crippen LogP contribution in [0.15, 0.2) is 23.6 Å². The summed E-state index contributed by atoms with van der Waals surface area (Å²) in [4.78, 5) is 16.5. The minimum Gasteiger partial charge on any atom is -0.486 e. The fraction of sp³-hybridized carbons (Fsp3) is 0.333. The summed E-state index contributed by atoms with van der Waals surface area (Å²) in [5.41, 5.74) is 1.11. The number of hydrogen-bond donors (Lipinski definition) is 1. The van der Waals surface area contributed by atoms with Crippen LogP contribution < -0.4 is 14.8 Å². The van der Waals surface area contributed by atoms with Crippen LogP contribution in [0.5, 0.6) is 11.5 Å². The summed E-state index contributed by atoms with van der Waals surface area (Å²) in [6.45, 7) is 5.19. The number of hydrogen-bond acceptors (Lipinski definition) is 5. The number of nitrogens with one attached hydrogen (secondary N) is 1. The van der Waals surface area contributed by atoms with E-state index in [1.165, 1.54) is 11.3 Å². The van der Waals surface area contributed by atoms with Gasteiger partial charge in [0.05, 0.1) is 5.01 Å². The first-order valence-corrected chi connectivity index (χ1v) is 7.68. The molecule has 0 unspecified atom stereocenters. The maximum atomic E-state index is 12.2. The van der Waals surface area contributed by atoms with Crippen LogP contribution in [-0.2, 0) is 0 Å². The van der Waals surface area contributed by atoms with Crippen LogP contribution in [0.25, 0.3) is 0 Å². The van der Waals surface area contributed by atoms with Crippen molar-refractivity contribution in [3.8, 4) is 11.5 Å². The monoisotopic (exact) mass is 304 g/mol. The highest BCUT2D eigenvalue weighted by molar-refractivity contribution is 7.09. The predicted octanol–water partition coefficient (Wildman–Crippen LogP) is 3.29. The molecular weight excluding hydrogens is 288 g/mol. The van der Waals surface area contributed by atoms with E-state index in [1.54, 1.807) is 23.6 Å². The van der Waals surface area contributed by atoms with Gasteiger partial charge in [0.2, 0.25) is 0 Å². The van der Waals surface area contributed by atoms with Gasteiger partial charge in [0.15, 0.2) is 11.5 Å². The number of carbonyl (C=O) groups is 1. The summed E-state index contributed by atoms with van der Waals surface area (Å²) in [5, 5.41) is 5.57. The quantitative estimate of drug-likeness (QED) is 0.945. The molecule has 6 heteroatoms. The third kappa shape index (κ3) is 3.00. The zero-order chi connectivity index (χ0) is 14.8. The minimum atomic E-state index is -0.213. The Balaban J connectivity index is 1.74. The molecule has 21 heavy (non-hydrogen) atoms. The molecule has 1 aliphatic rings. The number of anilines is 1. The Morgan fingerprint density at radius 3 is 2.76 bits per heavy atom. The lowest BCUT2D eigenvalue weighted by Gasteiger charge is -2.18. The Morgan fingerprint density at radius 2 is 2.05 bits per heavy atom. The Kier molecular flexibility index (Phi) is 3.79. The smallest absolute Gasteiger partial charge is 0.275 e. The summed E-state index contributed by atoms with van der Waals surface area (Å²) >= 11 is 1.50. The van der Waals surface area contributed by atoms with Gasteiger partial charge in [0.25, 0.3) is 5.91 Å². The summed E-state index contributed by atoms with van der Waals surface area (Å²) in [5.74, 6) is 1.47. The van der Waals surface area contributed by atoms with Crippen molar-refractivity contribution in [1.29, 1.82) is 0 Å². The van der Waals surface area contributed by atoms with Crippen LogP contribution in [0.1, 0.15) is 35.3 Å². The molecule has 0 radical (unpaired) electrons. The third-order valence-corrected chi connectivity index (χ3v) is 4.19. The first kappa shape index (κ1) is 13.9. The fourth-order valence-electron chi connectivity index (χ4n) is 1.97. The molecule has 0 spiro atoms. The Morgan fingerprint density at radius 1 is 1.29 bits per heavy atom. The second-order valence-corrected chi connectivity index (χ2v) is 5.93. The van der Waals surface area contributed by atoms with Crippen LogP contribution in [-0.4, -0.2) is 24.1 Å². The Labute approximate surface area is 126 Å². The third-order valence-electron chi connectivity index (χ3n) is 3.05. The molecule has 110 valence electrons. The molecule has 1 N–H and O–H groups in total. The van der Waals surface area contributed by atoms with Gasteiger partial charge in [0, 0.05) is 23.1 Å². The summed E-state index contributed by atoms with van der Waals surface area (Å²) in [7, 11) is 0. The van der Waals surface area contributed by atoms with E-state index < -0.39 is 0 Å². The summed E-state index contributed by atoms with van der Waals surface area (Å²) in [6.07, 6.45) is 0. The number of aromatic nitrogens is 1. The van der Waals surface area contributed by atoms with E-state index in [1.807, 2.05) is 0 Å². The van der Waals surface area contributed by atoms with E-state index in [9.17, 15) is 4.79 Å². The predicted molar refractivity (Wildman–Crippen MR) is 81.6 cm³/mol. The summed E-state index contributed by atoms with van der Waals surface area (Å²) in [6, 6.07) is 5.36. The average molecular weight is 304 g/mol. The molecule has 2 heterocycles. The molecule has 2 aromatic rings. The first-order valence-electron chi connectivity index (χ1n) is 6.80. The van der Waals surface area contributed by atoms with E-state index >= 15 is 0 Å². The maximum Gasteiger partial charge on any atom is 0.275 e. The molecule has 5 nitrogen and oxygen atoms in total. The van der Waals surface area contributed by atoms with Gasteiger partial charge in [-0.25, -0.2) is 4.98 Å². The standard InChI is InChI=1S/C15H16N2O3S/c1-9(2)15-17-11(8-21-15)14(18)16-10-3-4-12-13(7-10)20-6-5-19-12/h3-4,7-9H,5-6H2,1-2H3,(H,16,18). The van der Waals surface area contributed by atoms with Crippen LogP contribution in [0.2, 0.25) is 0 Å². The number of fused-ring (bicyclic) bond motifs is 1. The van der Waals surface area contributed by atoms with Crippen LogP contribution in [0.4, 0.5) is 5.69 Å². The number of carbonyl (C=O) groups excluding carboxylic acids is 1. The second kappa shape index (κ2) is 5.73. The zero-order valence-electron chi connectivity index (χ0n) is 11.9. The highest BCUT2D eigenvalue weighted by Crippen LogP contribution is 2.32. The molecule has 0 aliphatic carbocycles. The van der Waals surface area contributed by atoms with Crippen molar-refractivity contribution in [3.63, 3.8) is 0 Å². The van der Waals surface area contributed by atoms with Crippen molar-refractivity contribution in [2.75, 3.05) is 18.5 Å². The number of nitrogens with zero attached hydrogens (tertiary/aromatic N) is 1. The second-order valence-electron chi connectivity index (χ2n) is 5.04. The van der Waals surface area contributed by atoms with Crippen molar-refractivity contribution in [1.82, 2.24) is 4.98 Å². The van der Waals surface area contributed by atoms with Crippen molar-refractivity contribution >= 4 is 22.9 Å². The lowest BCUT2D eigenvalue weighted by atomic mass is 10.2. The summed E-state index contributed by atoms with van der Waals surface area (Å²) < 4.78 is 10.9. The van der Waals surface area contributed by atoms with Crippen molar-refractivity contribution < 1.29 is 14.3 Å². The number of thiazole rings is 1. The largest absolute Gasteiger partial charge is 0.486 e. The number of ether oxygens (including phenoxy) is 2. The SMILES string of the molecule is CC(C)c1nc(C(=O)Nc2ccc3c(c2)OCCO3)cs1. The molecule has 0 saturated heterocycles. The fourth-order valence-corrected chi connectivity index (χ4v) is 2.79. The molecule has 0 saturated carbocycles. The molecule has 1 aliphatic heterocycles. The van der Waals surface area contributed by atoms with E-state index in [-0.39, 0.29) is 5.91 Å². The minimum absolute atomic E-state index is 0.213. The molecular formula is C15H16N2O3S. The van der Waals surface area contributed by atoms with Gasteiger partial charge in [-0.3, -0.25) is 4.79 Å². The molecule has 0 fully saturated rings. The lowest BCUT2D eigenvalue weighted by Crippen LogP contribution is -2.16. The van der Waals surface area contributed by atoms with E-state index in [0.29, 0.717) is 42.0 Å². The molecule has 1 aromatic heterocycles. The van der Waals surface area contributed by atoms with Gasteiger partial charge in [-0.05, 0) is 12.1 Å². The molecule has 0 bridgehead atoms. The van der Waals surface area contributed by atoms with Crippen LogP contribution in [0.3, 0.4) is 0 Å². The highest BCUT2D eigenvalue weighted by atomic mass is 32.1. The number of benzene rings is 1. The van der Waals surface area contributed by atoms with Crippen molar-refractivity contribution in [3.05, 3.63) is 34.3 Å². The highest BCUT2D eigenvalue weighted by Gasteiger charge is 2.15. The average Bonchev–Trinajstić information content (AvgIpc) is 2.97. The van der Waals surface area contributed by atoms with Gasteiger partial charge in [-0.15, -0.1) is 11.3 Å². The van der Waals surface area contributed by atoms with Crippen molar-refractivity contribution in [2.24, 2.45) is 0 Å². The Hall–Kier alpha value is -2.08. The van der Waals surface area contributed by atoms with Crippen LogP contribution >= 0.6 is 11.3 Å². The van der Waals surface area contributed by atoms with Gasteiger partial charge >= 0.3 is 0 Å². The van der Waals surface area contributed by atoms with E-state index in [4.69, 9.17) is 9.47 Å². The zero-order valence-corrected chi connectivity index (χ0v) is 12.7. The molecule has 1 aromatic carbocycles. The molecule has 1 amide bonds. The van der Waals surface area contributed by atoms with Gasteiger partial charge in [-0.1, -0.05) is 13.8 Å². The normalized spacial score (nSPS) is 13.3. The number of amides is 1. The van der Waals surface area contributed by atoms with Crippen LogP contribution in [0, 0.1) is 0 Å². The van der Waals surface area contributed by atoms with Crippen molar-refractivity contribution in [2.45, 2.75) is 19.8 Å². The lowest BCUT2D eigenvalue weighted by molar-refractivity contribution is 0.102. The van der Waals surface area contributed by atoms with Gasteiger partial charge < -0.3 is 14.8 Å². The number of rotatable bonds is 3.